The number of hydrogen-bond donors (Lipinski definition) is 4. The highest BCUT2D eigenvalue weighted by atomic mass is 16.3. The lowest BCUT2D eigenvalue weighted by molar-refractivity contribution is 0.420. The number of rotatable bonds is 16. The summed E-state index contributed by atoms with van der Waals surface area (Å²) in [5.41, 5.74) is 19.7. The summed E-state index contributed by atoms with van der Waals surface area (Å²) in [4.78, 5) is 6.26. The van der Waals surface area contributed by atoms with Crippen molar-refractivity contribution < 1.29 is 20.4 Å². The maximum absolute atomic E-state index is 11.4. The molecule has 4 heterocycles. The van der Waals surface area contributed by atoms with E-state index in [1.165, 1.54) is 27.8 Å². The molecule has 0 aliphatic rings. The van der Waals surface area contributed by atoms with Crippen LogP contribution in [0, 0.1) is 0 Å². The Morgan fingerprint density at radius 2 is 0.593 bits per heavy atom. The molecule has 0 bridgehead atoms. The van der Waals surface area contributed by atoms with Gasteiger partial charge in [-0.15, -0.1) is 60.0 Å². The van der Waals surface area contributed by atoms with Gasteiger partial charge in [-0.25, -0.2) is 0 Å². The third kappa shape index (κ3) is 17.5. The van der Waals surface area contributed by atoms with Crippen LogP contribution in [0.25, 0.3) is 66.9 Å². The quantitative estimate of drug-likeness (QED) is 0.0714. The van der Waals surface area contributed by atoms with E-state index in [9.17, 15) is 20.4 Å². The fraction of sp³-hybridized carbons (Fsp3) is 0.348. The number of nitrogens with zero attached hydrogens (tertiary/aromatic N) is 12. The first-order chi connectivity index (χ1) is 51.2. The molecule has 3 unspecified atom stereocenters. The van der Waals surface area contributed by atoms with Crippen LogP contribution < -0.4 is 0 Å². The molecule has 3 atom stereocenters. The van der Waals surface area contributed by atoms with E-state index >= 15 is 0 Å². The summed E-state index contributed by atoms with van der Waals surface area (Å²) >= 11 is 0. The summed E-state index contributed by atoms with van der Waals surface area (Å²) in [6.45, 7) is 41.2. The average Bonchev–Trinajstić information content (AvgIpc) is 1.26. The van der Waals surface area contributed by atoms with Gasteiger partial charge >= 0.3 is 0 Å². The molecular weight excluding hydrogens is 1340 g/mol. The summed E-state index contributed by atoms with van der Waals surface area (Å²) in [7, 11) is 0. The highest BCUT2D eigenvalue weighted by molar-refractivity contribution is 5.77. The van der Waals surface area contributed by atoms with Crippen molar-refractivity contribution in [3.8, 4) is 45.7 Å². The van der Waals surface area contributed by atoms with E-state index in [-0.39, 0.29) is 67.8 Å². The van der Waals surface area contributed by atoms with E-state index in [0.717, 1.165) is 104 Å². The second kappa shape index (κ2) is 31.8. The van der Waals surface area contributed by atoms with Crippen molar-refractivity contribution >= 4 is 44.1 Å². The second-order valence-corrected chi connectivity index (χ2v) is 33.3. The Balaban J connectivity index is 0.000000145. The van der Waals surface area contributed by atoms with Crippen LogP contribution >= 0.6 is 0 Å². The van der Waals surface area contributed by atoms with E-state index in [1.807, 2.05) is 133 Å². The maximum Gasteiger partial charge on any atom is 0.146 e. The van der Waals surface area contributed by atoms with Gasteiger partial charge in [0.05, 0.1) is 0 Å². The number of fused-ring (bicyclic) bond motifs is 4. The predicted molar refractivity (Wildman–Crippen MR) is 441 cm³/mol. The lowest BCUT2D eigenvalue weighted by Crippen LogP contribution is -2.21. The minimum Gasteiger partial charge on any atom is -0.505 e. The van der Waals surface area contributed by atoms with E-state index in [1.54, 1.807) is 19.2 Å². The maximum atomic E-state index is 11.4. The average molecular weight is 1450 g/mol. The number of phenols is 4. The fourth-order valence-electron chi connectivity index (χ4n) is 13.2. The Hall–Kier alpha value is -11.0. The monoisotopic (exact) mass is 1440 g/mol. The molecule has 4 aromatic heterocycles. The van der Waals surface area contributed by atoms with E-state index in [0.29, 0.717) is 22.7 Å². The molecule has 0 saturated heterocycles. The van der Waals surface area contributed by atoms with Crippen molar-refractivity contribution in [3.05, 3.63) is 262 Å². The smallest absolute Gasteiger partial charge is 0.146 e. The fourth-order valence-corrected chi connectivity index (χ4v) is 13.2. The molecule has 14 rings (SSSR count). The topological polar surface area (TPSA) is 204 Å². The molecule has 16 nitrogen and oxygen atoms in total. The lowest BCUT2D eigenvalue weighted by Gasteiger charge is -2.30. The van der Waals surface area contributed by atoms with Crippen LogP contribution in [0.4, 0.5) is 0 Å². The second-order valence-electron chi connectivity index (χ2n) is 33.3. The molecule has 0 aliphatic carbocycles. The highest BCUT2D eigenvalue weighted by Crippen LogP contribution is 2.44. The first-order valence-electron chi connectivity index (χ1n) is 38.0. The van der Waals surface area contributed by atoms with Gasteiger partial charge in [-0.2, -0.15) is 0 Å². The van der Waals surface area contributed by atoms with E-state index < -0.39 is 0 Å². The number of hydrogen-bond acceptors (Lipinski definition) is 12. The number of benzene rings is 10. The summed E-state index contributed by atoms with van der Waals surface area (Å²) in [5, 5.41) is 80.9. The predicted octanol–water partition coefficient (Wildman–Crippen LogP) is 22.0. The van der Waals surface area contributed by atoms with Crippen LogP contribution in [0.2, 0.25) is 0 Å². The van der Waals surface area contributed by atoms with Crippen molar-refractivity contribution in [1.82, 2.24) is 60.0 Å². The van der Waals surface area contributed by atoms with E-state index in [4.69, 9.17) is 0 Å². The van der Waals surface area contributed by atoms with Crippen LogP contribution in [-0.4, -0.2) is 80.4 Å². The van der Waals surface area contributed by atoms with Crippen LogP contribution in [0.3, 0.4) is 0 Å². The van der Waals surface area contributed by atoms with Crippen molar-refractivity contribution in [2.75, 3.05) is 0 Å². The molecule has 16 heteroatoms. The Labute approximate surface area is 637 Å². The van der Waals surface area contributed by atoms with Gasteiger partial charge in [0.2, 0.25) is 0 Å². The molecule has 0 amide bonds. The lowest BCUT2D eigenvalue weighted by atomic mass is 9.76. The summed E-state index contributed by atoms with van der Waals surface area (Å²) in [5.74, 6) is 1.72. The molecule has 4 N–H and O–H groups in total. The standard InChI is InChI=1S/C30H29N3O.C22H29N3O.2C20H25N3O/c1-21(17-23-11-5-3-6-12-23)25-19-26(22(2)18-24-13-7-4-8-14-24)30(34)29(20-25)33-31-27-15-9-10-16-28(27)32-33;1-7-21(3,4)15-13-16(22(5,6)8-2)20(26)19(14-15)25-23-17-11-9-10-12-18(17)24-25;1-19(2,3)13-11-14(20(4,5)6)18(24)17(12-13)23-21-15-9-7-8-10-16(15)22-23;1-6-13(2)15-11-14(20(3,4)5)12-18(19(15)24)23-21-16-9-7-8-10-17(16)22-23/h3-16,19-22,34H,17-18H2,1-2H3;9-14,26H,7-8H2,1-6H3;7-12,24H,1-6H3;7-13,24H,6H2,1-5H3. The molecular formula is C92H108N12O4. The molecule has 10 aromatic carbocycles. The SMILES string of the molecule is CC(C)(C)c1cc(-n2nc3ccccc3n2)c(O)c(C(C)(C)C)c1.CC(Cc1ccccc1)c1cc(C(C)Cc2ccccc2)c(O)c(-n2nc3ccccc3n2)c1.CCC(C)(C)c1cc(-n2nc3ccccc3n2)c(O)c(C(C)(C)CC)c1.CCC(C)c1cc(C(C)(C)C)cc(-n2nc3ccccc3n2)c1O. The highest BCUT2D eigenvalue weighted by Gasteiger charge is 2.31. The number of phenolic OH excluding ortho intramolecular Hbond substituents is 4. The molecule has 14 aromatic rings. The van der Waals surface area contributed by atoms with Gasteiger partial charge < -0.3 is 20.4 Å². The molecule has 560 valence electrons. The molecule has 0 spiro atoms. The Morgan fingerprint density at radius 1 is 0.296 bits per heavy atom. The molecule has 0 aliphatic heterocycles. The Bertz CT molecular complexity index is 5300. The van der Waals surface area contributed by atoms with Gasteiger partial charge in [0, 0.05) is 11.1 Å². The van der Waals surface area contributed by atoms with Crippen molar-refractivity contribution in [2.24, 2.45) is 0 Å². The zero-order chi connectivity index (χ0) is 77.8. The Morgan fingerprint density at radius 3 is 0.935 bits per heavy atom. The van der Waals surface area contributed by atoms with Gasteiger partial charge in [-0.1, -0.05) is 265 Å². The molecule has 108 heavy (non-hydrogen) atoms. The van der Waals surface area contributed by atoms with Crippen LogP contribution in [0.15, 0.2) is 206 Å². The Kier molecular flexibility index (Phi) is 23.0. The summed E-state index contributed by atoms with van der Waals surface area (Å²) in [6.07, 6.45) is 4.68. The third-order valence-corrected chi connectivity index (χ3v) is 21.3. The van der Waals surface area contributed by atoms with Gasteiger partial charge in [0.1, 0.15) is 89.9 Å². The largest absolute Gasteiger partial charge is 0.505 e. The molecule has 0 saturated carbocycles. The number of aromatic nitrogens is 12. The minimum atomic E-state index is -0.174. The summed E-state index contributed by atoms with van der Waals surface area (Å²) < 4.78 is 0. The van der Waals surface area contributed by atoms with Crippen molar-refractivity contribution in [2.45, 2.75) is 208 Å². The van der Waals surface area contributed by atoms with Gasteiger partial charge in [0.25, 0.3) is 0 Å². The number of aromatic hydroxyl groups is 4. The zero-order valence-corrected chi connectivity index (χ0v) is 66.6. The molecule has 0 fully saturated rings. The van der Waals surface area contributed by atoms with Crippen molar-refractivity contribution in [1.29, 1.82) is 0 Å². The van der Waals surface area contributed by atoms with Crippen LogP contribution in [-0.2, 0) is 39.9 Å². The molecule has 0 radical (unpaired) electrons. The van der Waals surface area contributed by atoms with Gasteiger partial charge in [-0.3, -0.25) is 0 Å². The van der Waals surface area contributed by atoms with Crippen LogP contribution in [0.5, 0.6) is 23.0 Å². The zero-order valence-electron chi connectivity index (χ0n) is 66.6. The van der Waals surface area contributed by atoms with Crippen LogP contribution in [0.1, 0.15) is 224 Å². The van der Waals surface area contributed by atoms with Crippen molar-refractivity contribution in [3.63, 3.8) is 0 Å². The third-order valence-electron chi connectivity index (χ3n) is 21.3. The van der Waals surface area contributed by atoms with E-state index in [2.05, 4.69) is 245 Å². The first-order valence-corrected chi connectivity index (χ1v) is 38.0. The van der Waals surface area contributed by atoms with Gasteiger partial charge in [-0.05, 0) is 194 Å². The summed E-state index contributed by atoms with van der Waals surface area (Å²) in [6, 6.07) is 68.6. The normalized spacial score (nSPS) is 13.0. The first kappa shape index (κ1) is 78.1. The minimum absolute atomic E-state index is 0.00754. The van der Waals surface area contributed by atoms with Gasteiger partial charge in [0.15, 0.2) is 0 Å².